The molecule has 0 saturated heterocycles. The highest BCUT2D eigenvalue weighted by Crippen LogP contribution is 2.27. The molecule has 1 aromatic heterocycles. The second kappa shape index (κ2) is 5.96. The zero-order valence-corrected chi connectivity index (χ0v) is 10.8. The van der Waals surface area contributed by atoms with Crippen LogP contribution < -0.4 is 5.32 Å². The summed E-state index contributed by atoms with van der Waals surface area (Å²) < 4.78 is 38.0. The van der Waals surface area contributed by atoms with Crippen molar-refractivity contribution in [2.24, 2.45) is 0 Å². The number of nitrogens with zero attached hydrogens (tertiary/aromatic N) is 2. The third-order valence-corrected chi connectivity index (χ3v) is 2.66. The fraction of sp³-hybridized carbons (Fsp3) is 0.231. The molecular formula is C13H12F3N3O2. The Kier molecular flexibility index (Phi) is 4.27. The predicted octanol–water partition coefficient (Wildman–Crippen LogP) is 2.03. The van der Waals surface area contributed by atoms with Crippen molar-refractivity contribution < 1.29 is 23.1 Å². The molecule has 0 aliphatic rings. The predicted molar refractivity (Wildman–Crippen MR) is 68.2 cm³/mol. The number of rotatable bonds is 4. The Labute approximate surface area is 118 Å². The molecule has 0 radical (unpaired) electrons. The number of carbonyl (C=O) groups is 1. The lowest BCUT2D eigenvalue weighted by Crippen LogP contribution is -2.19. The molecule has 0 aliphatic heterocycles. The molecule has 0 unspecified atom stereocenters. The quantitative estimate of drug-likeness (QED) is 0.908. The third kappa shape index (κ3) is 4.06. The van der Waals surface area contributed by atoms with Crippen LogP contribution in [0.1, 0.15) is 11.3 Å². The van der Waals surface area contributed by atoms with E-state index in [0.717, 1.165) is 16.9 Å². The maximum atomic E-state index is 12.4. The summed E-state index contributed by atoms with van der Waals surface area (Å²) in [5.74, 6) is -0.497. The summed E-state index contributed by atoms with van der Waals surface area (Å²) in [5, 5.41) is 14.7. The number of halogens is 3. The number of alkyl halides is 3. The van der Waals surface area contributed by atoms with Gasteiger partial charge in [0.05, 0.1) is 6.61 Å². The fourth-order valence-corrected chi connectivity index (χ4v) is 1.64. The van der Waals surface area contributed by atoms with Crippen LogP contribution in [0.5, 0.6) is 0 Å². The highest BCUT2D eigenvalue weighted by molar-refractivity contribution is 5.90. The Morgan fingerprint density at radius 3 is 2.43 bits per heavy atom. The number of hydrogen-bond acceptors (Lipinski definition) is 3. The summed E-state index contributed by atoms with van der Waals surface area (Å²) in [6.45, 7) is -0.431. The van der Waals surface area contributed by atoms with Crippen LogP contribution in [-0.4, -0.2) is 20.8 Å². The zero-order chi connectivity index (χ0) is 15.5. The number of nitrogens with one attached hydrogen (secondary N) is 1. The van der Waals surface area contributed by atoms with Crippen LogP contribution >= 0.6 is 0 Å². The van der Waals surface area contributed by atoms with E-state index in [2.05, 4.69) is 10.4 Å². The molecule has 0 atom stereocenters. The fourth-order valence-electron chi connectivity index (χ4n) is 1.64. The van der Waals surface area contributed by atoms with Crippen LogP contribution in [0.4, 0.5) is 18.9 Å². The molecule has 2 aromatic rings. The molecule has 0 saturated carbocycles. The molecule has 8 heteroatoms. The van der Waals surface area contributed by atoms with E-state index in [4.69, 9.17) is 5.11 Å². The smallest absolute Gasteiger partial charge is 0.392 e. The molecule has 21 heavy (non-hydrogen) atoms. The van der Waals surface area contributed by atoms with E-state index in [9.17, 15) is 18.0 Å². The number of aromatic nitrogens is 2. The maximum Gasteiger partial charge on any atom is 0.435 e. The normalized spacial score (nSPS) is 11.4. The van der Waals surface area contributed by atoms with Crippen molar-refractivity contribution in [1.82, 2.24) is 9.78 Å². The van der Waals surface area contributed by atoms with Gasteiger partial charge in [-0.2, -0.15) is 18.3 Å². The summed E-state index contributed by atoms with van der Waals surface area (Å²) in [5.41, 5.74) is 0.137. The van der Waals surface area contributed by atoms with Gasteiger partial charge in [-0.1, -0.05) is 12.1 Å². The highest BCUT2D eigenvalue weighted by Gasteiger charge is 2.33. The molecule has 0 spiro atoms. The van der Waals surface area contributed by atoms with Crippen molar-refractivity contribution in [2.75, 3.05) is 5.32 Å². The second-order valence-corrected chi connectivity index (χ2v) is 4.30. The van der Waals surface area contributed by atoms with Crippen LogP contribution in [0.25, 0.3) is 0 Å². The molecule has 112 valence electrons. The van der Waals surface area contributed by atoms with Gasteiger partial charge in [-0.3, -0.25) is 9.48 Å². The molecular weight excluding hydrogens is 287 g/mol. The van der Waals surface area contributed by atoms with Crippen LogP contribution in [-0.2, 0) is 24.1 Å². The molecule has 5 nitrogen and oxygen atoms in total. The molecule has 2 rings (SSSR count). The van der Waals surface area contributed by atoms with E-state index in [-0.39, 0.29) is 13.2 Å². The number of benzene rings is 1. The maximum absolute atomic E-state index is 12.4. The monoisotopic (exact) mass is 299 g/mol. The van der Waals surface area contributed by atoms with Gasteiger partial charge in [0, 0.05) is 11.9 Å². The van der Waals surface area contributed by atoms with Crippen LogP contribution in [0.3, 0.4) is 0 Å². The lowest BCUT2D eigenvalue weighted by atomic mass is 10.2. The van der Waals surface area contributed by atoms with Gasteiger partial charge in [0.25, 0.3) is 0 Å². The molecule has 0 bridgehead atoms. The van der Waals surface area contributed by atoms with Crippen molar-refractivity contribution in [3.63, 3.8) is 0 Å². The average Bonchev–Trinajstić information content (AvgIpc) is 2.88. The number of aliphatic hydroxyl groups is 1. The number of carbonyl (C=O) groups excluding carboxylic acids is 1. The van der Waals surface area contributed by atoms with E-state index >= 15 is 0 Å². The molecule has 0 aliphatic carbocycles. The average molecular weight is 299 g/mol. The molecule has 1 aromatic carbocycles. The summed E-state index contributed by atoms with van der Waals surface area (Å²) in [6.07, 6.45) is -3.43. The van der Waals surface area contributed by atoms with Gasteiger partial charge in [0.15, 0.2) is 5.69 Å². The Bertz CT molecular complexity index is 620. The summed E-state index contributed by atoms with van der Waals surface area (Å²) in [6, 6.07) is 7.25. The first-order valence-corrected chi connectivity index (χ1v) is 5.99. The number of anilines is 1. The van der Waals surface area contributed by atoms with Crippen molar-refractivity contribution >= 4 is 11.6 Å². The SMILES string of the molecule is O=C(Cn1ccc(C(F)(F)F)n1)Nc1ccc(CO)cc1. The summed E-state index contributed by atoms with van der Waals surface area (Å²) in [7, 11) is 0. The largest absolute Gasteiger partial charge is 0.435 e. The second-order valence-electron chi connectivity index (χ2n) is 4.30. The Balaban J connectivity index is 1.96. The highest BCUT2D eigenvalue weighted by atomic mass is 19.4. The standard InChI is InChI=1S/C13H12F3N3O2/c14-13(15,16)11-5-6-19(18-11)7-12(21)17-10-3-1-9(8-20)2-4-10/h1-6,20H,7-8H2,(H,17,21). The van der Waals surface area contributed by atoms with E-state index in [0.29, 0.717) is 11.3 Å². The van der Waals surface area contributed by atoms with Gasteiger partial charge < -0.3 is 10.4 Å². The first-order chi connectivity index (χ1) is 9.88. The first kappa shape index (κ1) is 15.0. The van der Waals surface area contributed by atoms with Gasteiger partial charge in [-0.25, -0.2) is 0 Å². The molecule has 2 N–H and O–H groups in total. The van der Waals surface area contributed by atoms with Crippen molar-refractivity contribution in [1.29, 1.82) is 0 Å². The minimum absolute atomic E-state index is 0.109. The van der Waals surface area contributed by atoms with Crippen LogP contribution in [0.15, 0.2) is 36.5 Å². The zero-order valence-electron chi connectivity index (χ0n) is 10.8. The first-order valence-electron chi connectivity index (χ1n) is 5.99. The molecule has 1 amide bonds. The van der Waals surface area contributed by atoms with Gasteiger partial charge >= 0.3 is 6.18 Å². The van der Waals surface area contributed by atoms with Crippen molar-refractivity contribution in [3.8, 4) is 0 Å². The van der Waals surface area contributed by atoms with E-state index in [1.807, 2.05) is 0 Å². The Morgan fingerprint density at radius 2 is 1.90 bits per heavy atom. The van der Waals surface area contributed by atoms with E-state index < -0.39 is 17.8 Å². The minimum Gasteiger partial charge on any atom is -0.392 e. The minimum atomic E-state index is -4.53. The molecule has 0 fully saturated rings. The van der Waals surface area contributed by atoms with E-state index in [1.165, 1.54) is 0 Å². The number of amides is 1. The Morgan fingerprint density at radius 1 is 1.24 bits per heavy atom. The third-order valence-electron chi connectivity index (χ3n) is 2.66. The topological polar surface area (TPSA) is 67.2 Å². The lowest BCUT2D eigenvalue weighted by molar-refractivity contribution is -0.141. The van der Waals surface area contributed by atoms with Gasteiger partial charge in [-0.05, 0) is 23.8 Å². The van der Waals surface area contributed by atoms with Crippen molar-refractivity contribution in [3.05, 3.63) is 47.8 Å². The summed E-state index contributed by atoms with van der Waals surface area (Å²) >= 11 is 0. The van der Waals surface area contributed by atoms with Crippen LogP contribution in [0.2, 0.25) is 0 Å². The van der Waals surface area contributed by atoms with Gasteiger partial charge in [-0.15, -0.1) is 0 Å². The Hall–Kier alpha value is -2.35. The number of aliphatic hydroxyl groups excluding tert-OH is 1. The molecule has 1 heterocycles. The van der Waals surface area contributed by atoms with E-state index in [1.54, 1.807) is 24.3 Å². The summed E-state index contributed by atoms with van der Waals surface area (Å²) in [4.78, 5) is 11.7. The van der Waals surface area contributed by atoms with Crippen LogP contribution in [0, 0.1) is 0 Å². The van der Waals surface area contributed by atoms with Crippen molar-refractivity contribution in [2.45, 2.75) is 19.3 Å². The number of hydrogen-bond donors (Lipinski definition) is 2. The lowest BCUT2D eigenvalue weighted by Gasteiger charge is -2.06. The van der Waals surface area contributed by atoms with Gasteiger partial charge in [0.2, 0.25) is 5.91 Å². The van der Waals surface area contributed by atoms with Gasteiger partial charge in [0.1, 0.15) is 6.54 Å².